The molecule has 3 nitrogen and oxygen atoms in total. The fourth-order valence-corrected chi connectivity index (χ4v) is 1.31. The second-order valence-corrected chi connectivity index (χ2v) is 3.56. The lowest BCUT2D eigenvalue weighted by molar-refractivity contribution is -0.122. The van der Waals surface area contributed by atoms with Crippen LogP contribution in [0.1, 0.15) is 13.8 Å². The summed E-state index contributed by atoms with van der Waals surface area (Å²) in [7, 11) is 0. The molecule has 1 heterocycles. The third-order valence-electron chi connectivity index (χ3n) is 2.36. The van der Waals surface area contributed by atoms with E-state index in [1.807, 2.05) is 18.7 Å². The molecule has 1 N–H and O–H groups in total. The van der Waals surface area contributed by atoms with E-state index in [2.05, 4.69) is 6.07 Å². The van der Waals surface area contributed by atoms with Crippen LogP contribution in [0.25, 0.3) is 0 Å². The van der Waals surface area contributed by atoms with Crippen LogP contribution in [0.15, 0.2) is 0 Å². The first-order chi connectivity index (χ1) is 5.08. The summed E-state index contributed by atoms with van der Waals surface area (Å²) in [5.41, 5.74) is -0.531. The maximum atomic E-state index is 9.73. The Kier molecular flexibility index (Phi) is 2.17. The molecule has 0 aromatic rings. The number of rotatable bonds is 2. The van der Waals surface area contributed by atoms with Gasteiger partial charge in [0.05, 0.1) is 18.2 Å². The Bertz CT molecular complexity index is 177. The highest BCUT2D eigenvalue weighted by Crippen LogP contribution is 2.27. The first-order valence-electron chi connectivity index (χ1n) is 3.90. The van der Waals surface area contributed by atoms with Crippen LogP contribution >= 0.6 is 0 Å². The molecule has 1 saturated heterocycles. The van der Waals surface area contributed by atoms with Crippen LogP contribution in [-0.2, 0) is 0 Å². The van der Waals surface area contributed by atoms with Crippen molar-refractivity contribution < 1.29 is 5.11 Å². The van der Waals surface area contributed by atoms with Gasteiger partial charge < -0.3 is 5.11 Å². The van der Waals surface area contributed by atoms with Gasteiger partial charge >= 0.3 is 0 Å². The van der Waals surface area contributed by atoms with Gasteiger partial charge in [0.15, 0.2) is 0 Å². The average Bonchev–Trinajstić information content (AvgIpc) is 1.84. The van der Waals surface area contributed by atoms with Crippen molar-refractivity contribution in [2.45, 2.75) is 19.4 Å². The number of β-amino-alcohol motifs (C(OH)–C–C–N with tert-alkyl or cyclic N) is 1. The maximum absolute atomic E-state index is 9.73. The zero-order valence-corrected chi connectivity index (χ0v) is 7.04. The van der Waals surface area contributed by atoms with E-state index in [0.717, 1.165) is 0 Å². The van der Waals surface area contributed by atoms with Gasteiger partial charge in [-0.2, -0.15) is 5.26 Å². The summed E-state index contributed by atoms with van der Waals surface area (Å²) in [5.74, 6) is 0.289. The summed E-state index contributed by atoms with van der Waals surface area (Å²) in [6.45, 7) is 5.75. The van der Waals surface area contributed by atoms with Gasteiger partial charge in [0, 0.05) is 13.1 Å². The Morgan fingerprint density at radius 3 is 2.55 bits per heavy atom. The van der Waals surface area contributed by atoms with E-state index in [-0.39, 0.29) is 5.92 Å². The zero-order valence-electron chi connectivity index (χ0n) is 7.04. The molecule has 1 fully saturated rings. The van der Waals surface area contributed by atoms with Crippen LogP contribution in [0.5, 0.6) is 0 Å². The fourth-order valence-electron chi connectivity index (χ4n) is 1.31. The Morgan fingerprint density at radius 1 is 1.64 bits per heavy atom. The van der Waals surface area contributed by atoms with Crippen molar-refractivity contribution in [3.8, 4) is 6.07 Å². The van der Waals surface area contributed by atoms with Crippen molar-refractivity contribution in [2.24, 2.45) is 5.92 Å². The van der Waals surface area contributed by atoms with Crippen molar-refractivity contribution in [3.05, 3.63) is 0 Å². The molecule has 1 aliphatic rings. The van der Waals surface area contributed by atoms with Crippen molar-refractivity contribution in [2.75, 3.05) is 19.6 Å². The Labute approximate surface area is 67.2 Å². The number of aliphatic hydroxyl groups is 1. The largest absolute Gasteiger partial charge is 0.387 e. The molecule has 3 heteroatoms. The van der Waals surface area contributed by atoms with E-state index >= 15 is 0 Å². The summed E-state index contributed by atoms with van der Waals surface area (Å²) < 4.78 is 0. The summed E-state index contributed by atoms with van der Waals surface area (Å²) in [5, 5.41) is 18.1. The molecule has 11 heavy (non-hydrogen) atoms. The van der Waals surface area contributed by atoms with Crippen molar-refractivity contribution in [3.63, 3.8) is 0 Å². The van der Waals surface area contributed by atoms with Gasteiger partial charge in [-0.05, 0) is 5.92 Å². The Morgan fingerprint density at radius 2 is 2.18 bits per heavy atom. The molecule has 0 radical (unpaired) electrons. The van der Waals surface area contributed by atoms with Gasteiger partial charge in [-0.1, -0.05) is 13.8 Å². The number of likely N-dealkylation sites (tertiary alicyclic amines) is 1. The number of hydrogen-bond donors (Lipinski definition) is 1. The number of nitrogens with zero attached hydrogens (tertiary/aromatic N) is 2. The second kappa shape index (κ2) is 2.80. The minimum absolute atomic E-state index is 0.289. The van der Waals surface area contributed by atoms with Crippen LogP contribution in [-0.4, -0.2) is 35.2 Å². The van der Waals surface area contributed by atoms with Gasteiger partial charge in [-0.25, -0.2) is 0 Å². The van der Waals surface area contributed by atoms with E-state index < -0.39 is 5.60 Å². The monoisotopic (exact) mass is 154 g/mol. The molecular weight excluding hydrogens is 140 g/mol. The van der Waals surface area contributed by atoms with Gasteiger partial charge in [0.25, 0.3) is 0 Å². The van der Waals surface area contributed by atoms with E-state index in [1.165, 1.54) is 0 Å². The van der Waals surface area contributed by atoms with Crippen molar-refractivity contribution >= 4 is 0 Å². The van der Waals surface area contributed by atoms with Crippen molar-refractivity contribution in [1.29, 1.82) is 5.26 Å². The van der Waals surface area contributed by atoms with Gasteiger partial charge in [-0.3, -0.25) is 4.90 Å². The fraction of sp³-hybridized carbons (Fsp3) is 0.875. The first kappa shape index (κ1) is 8.51. The maximum Gasteiger partial charge on any atom is 0.0923 e. The molecule has 0 atom stereocenters. The number of hydrogen-bond acceptors (Lipinski definition) is 3. The predicted molar refractivity (Wildman–Crippen MR) is 41.8 cm³/mol. The van der Waals surface area contributed by atoms with Gasteiger partial charge in [0.2, 0.25) is 0 Å². The number of nitriles is 1. The minimum atomic E-state index is -0.531. The zero-order chi connectivity index (χ0) is 8.48. The molecule has 62 valence electrons. The third kappa shape index (κ3) is 1.52. The smallest absolute Gasteiger partial charge is 0.0923 e. The lowest BCUT2D eigenvalue weighted by Gasteiger charge is -2.48. The molecule has 1 rings (SSSR count). The normalized spacial score (nSPS) is 22.8. The lowest BCUT2D eigenvalue weighted by atomic mass is 9.83. The quantitative estimate of drug-likeness (QED) is 0.578. The molecule has 0 saturated carbocycles. The SMILES string of the molecule is CC(C)C1(O)CN(CC#N)C1. The van der Waals surface area contributed by atoms with Crippen LogP contribution in [0, 0.1) is 17.2 Å². The molecule has 0 unspecified atom stereocenters. The third-order valence-corrected chi connectivity index (χ3v) is 2.36. The van der Waals surface area contributed by atoms with E-state index in [0.29, 0.717) is 19.6 Å². The molecule has 0 aliphatic carbocycles. The van der Waals surface area contributed by atoms with Gasteiger partial charge in [-0.15, -0.1) is 0 Å². The second-order valence-electron chi connectivity index (χ2n) is 3.56. The molecule has 0 aromatic carbocycles. The van der Waals surface area contributed by atoms with E-state index in [4.69, 9.17) is 5.26 Å². The standard InChI is InChI=1S/C8H14N2O/c1-7(2)8(11)5-10(6-8)4-3-9/h7,11H,4-6H2,1-2H3. The van der Waals surface area contributed by atoms with Crippen molar-refractivity contribution in [1.82, 2.24) is 4.90 Å². The molecule has 1 aliphatic heterocycles. The summed E-state index contributed by atoms with van der Waals surface area (Å²) in [6, 6.07) is 2.06. The highest BCUT2D eigenvalue weighted by molar-refractivity contribution is 4.99. The van der Waals surface area contributed by atoms with Gasteiger partial charge in [0.1, 0.15) is 0 Å². The lowest BCUT2D eigenvalue weighted by Crippen LogP contribution is -2.64. The Hall–Kier alpha value is -0.590. The first-order valence-corrected chi connectivity index (χ1v) is 3.90. The average molecular weight is 154 g/mol. The van der Waals surface area contributed by atoms with Crippen LogP contribution in [0.3, 0.4) is 0 Å². The highest BCUT2D eigenvalue weighted by atomic mass is 16.3. The molecule has 0 bridgehead atoms. The summed E-state index contributed by atoms with van der Waals surface area (Å²) >= 11 is 0. The predicted octanol–water partition coefficient (Wildman–Crippen LogP) is 0.213. The topological polar surface area (TPSA) is 47.3 Å². The van der Waals surface area contributed by atoms with Crippen LogP contribution in [0.4, 0.5) is 0 Å². The van der Waals surface area contributed by atoms with Crippen LogP contribution < -0.4 is 0 Å². The molecule has 0 spiro atoms. The van der Waals surface area contributed by atoms with E-state index in [1.54, 1.807) is 0 Å². The van der Waals surface area contributed by atoms with E-state index in [9.17, 15) is 5.11 Å². The summed E-state index contributed by atoms with van der Waals surface area (Å²) in [6.07, 6.45) is 0. The highest BCUT2D eigenvalue weighted by Gasteiger charge is 2.43. The molecule has 0 amide bonds. The molecular formula is C8H14N2O. The summed E-state index contributed by atoms with van der Waals surface area (Å²) in [4.78, 5) is 1.94. The minimum Gasteiger partial charge on any atom is -0.387 e. The van der Waals surface area contributed by atoms with Crippen LogP contribution in [0.2, 0.25) is 0 Å². The Balaban J connectivity index is 2.33. The molecule has 0 aromatic heterocycles.